The van der Waals surface area contributed by atoms with Gasteiger partial charge in [0.2, 0.25) is 10.0 Å². The summed E-state index contributed by atoms with van der Waals surface area (Å²) >= 11 is 11.7. The Balaban J connectivity index is 3.17. The summed E-state index contributed by atoms with van der Waals surface area (Å²) in [6.45, 7) is 4.97. The maximum absolute atomic E-state index is 12.5. The van der Waals surface area contributed by atoms with E-state index < -0.39 is 10.0 Å². The number of halogens is 2. The van der Waals surface area contributed by atoms with Gasteiger partial charge in [0.1, 0.15) is 0 Å². The lowest BCUT2D eigenvalue weighted by atomic mass is 10.2. The van der Waals surface area contributed by atoms with Crippen LogP contribution in [0.25, 0.3) is 0 Å². The highest BCUT2D eigenvalue weighted by Gasteiger charge is 2.23. The minimum absolute atomic E-state index is 0.198. The van der Waals surface area contributed by atoms with Gasteiger partial charge >= 0.3 is 0 Å². The summed E-state index contributed by atoms with van der Waals surface area (Å²) in [5, 5.41) is 0.492. The Bertz CT molecular complexity index is 511. The second-order valence-corrected chi connectivity index (χ2v) is 6.90. The lowest BCUT2D eigenvalue weighted by Crippen LogP contribution is -2.32. The van der Waals surface area contributed by atoms with E-state index in [1.54, 1.807) is 12.1 Å². The van der Waals surface area contributed by atoms with Crippen molar-refractivity contribution in [2.45, 2.75) is 37.5 Å². The zero-order valence-corrected chi connectivity index (χ0v) is 13.5. The summed E-state index contributed by atoms with van der Waals surface area (Å²) in [6, 6.07) is 4.68. The average Bonchev–Trinajstić information content (AvgIpc) is 2.38. The fraction of sp³-hybridized carbons (Fsp3) is 0.538. The predicted octanol–water partition coefficient (Wildman–Crippen LogP) is 3.89. The van der Waals surface area contributed by atoms with E-state index in [0.29, 0.717) is 23.7 Å². The van der Waals surface area contributed by atoms with Gasteiger partial charge in [0.15, 0.2) is 0 Å². The van der Waals surface area contributed by atoms with Crippen LogP contribution in [0.4, 0.5) is 0 Å². The Labute approximate surface area is 125 Å². The van der Waals surface area contributed by atoms with Crippen molar-refractivity contribution >= 4 is 33.2 Å². The number of sulfonamides is 1. The first-order chi connectivity index (χ1) is 8.97. The molecule has 0 unspecified atom stereocenters. The summed E-state index contributed by atoms with van der Waals surface area (Å²) in [6.07, 6.45) is 1.57. The maximum Gasteiger partial charge on any atom is 0.243 e. The Morgan fingerprint density at radius 2 is 1.74 bits per heavy atom. The first kappa shape index (κ1) is 16.8. The summed E-state index contributed by atoms with van der Waals surface area (Å²) in [7, 11) is -3.46. The van der Waals surface area contributed by atoms with Crippen molar-refractivity contribution in [1.29, 1.82) is 0 Å². The normalized spacial score (nSPS) is 12.1. The highest BCUT2D eigenvalue weighted by Crippen LogP contribution is 2.24. The van der Waals surface area contributed by atoms with Crippen molar-refractivity contribution in [3.8, 4) is 0 Å². The fourth-order valence-electron chi connectivity index (χ4n) is 1.81. The molecule has 0 bridgehead atoms. The van der Waals surface area contributed by atoms with Crippen LogP contribution in [0.1, 0.15) is 32.3 Å². The third-order valence-electron chi connectivity index (χ3n) is 2.74. The third kappa shape index (κ3) is 4.09. The van der Waals surface area contributed by atoms with E-state index in [1.165, 1.54) is 10.4 Å². The van der Waals surface area contributed by atoms with Gasteiger partial charge in [0.05, 0.1) is 4.90 Å². The SMILES string of the molecule is CCCN(CCC)S(=O)(=O)c1ccc(Cl)c(CCl)c1. The van der Waals surface area contributed by atoms with Crippen LogP contribution in [0.2, 0.25) is 5.02 Å². The molecule has 6 heteroatoms. The molecule has 0 N–H and O–H groups in total. The minimum Gasteiger partial charge on any atom is -0.207 e. The van der Waals surface area contributed by atoms with Crippen LogP contribution in [0.5, 0.6) is 0 Å². The van der Waals surface area contributed by atoms with E-state index in [2.05, 4.69) is 0 Å². The zero-order valence-electron chi connectivity index (χ0n) is 11.2. The average molecular weight is 324 g/mol. The Kier molecular flexibility index (Phi) is 6.60. The third-order valence-corrected chi connectivity index (χ3v) is 5.30. The van der Waals surface area contributed by atoms with Crippen molar-refractivity contribution in [2.75, 3.05) is 13.1 Å². The first-order valence-corrected chi connectivity index (χ1v) is 8.67. The molecule has 0 radical (unpaired) electrons. The van der Waals surface area contributed by atoms with Gasteiger partial charge in [-0.1, -0.05) is 25.4 Å². The second-order valence-electron chi connectivity index (χ2n) is 4.29. The molecule has 0 aliphatic heterocycles. The van der Waals surface area contributed by atoms with Gasteiger partial charge in [0, 0.05) is 24.0 Å². The molecule has 0 amide bonds. The van der Waals surface area contributed by atoms with Gasteiger partial charge < -0.3 is 0 Å². The number of alkyl halides is 1. The van der Waals surface area contributed by atoms with Crippen molar-refractivity contribution in [2.24, 2.45) is 0 Å². The number of hydrogen-bond donors (Lipinski definition) is 0. The maximum atomic E-state index is 12.5. The van der Waals surface area contributed by atoms with Gasteiger partial charge in [0.25, 0.3) is 0 Å². The minimum atomic E-state index is -3.46. The summed E-state index contributed by atoms with van der Waals surface area (Å²) in [4.78, 5) is 0.259. The molecular weight excluding hydrogens is 305 g/mol. The van der Waals surface area contributed by atoms with E-state index in [4.69, 9.17) is 23.2 Å². The highest BCUT2D eigenvalue weighted by atomic mass is 35.5. The molecule has 0 aromatic heterocycles. The van der Waals surface area contributed by atoms with Gasteiger partial charge in [-0.25, -0.2) is 8.42 Å². The highest BCUT2D eigenvalue weighted by molar-refractivity contribution is 7.89. The van der Waals surface area contributed by atoms with E-state index in [0.717, 1.165) is 12.8 Å². The van der Waals surface area contributed by atoms with E-state index in [1.807, 2.05) is 13.8 Å². The summed E-state index contributed by atoms with van der Waals surface area (Å²) < 4.78 is 26.6. The molecule has 0 aliphatic rings. The Hall–Kier alpha value is -0.290. The van der Waals surface area contributed by atoms with Gasteiger partial charge in [-0.3, -0.25) is 0 Å². The number of rotatable bonds is 7. The molecule has 19 heavy (non-hydrogen) atoms. The standard InChI is InChI=1S/C13H19Cl2NO2S/c1-3-7-16(8-4-2)19(17,18)12-5-6-13(15)11(9-12)10-14/h5-6,9H,3-4,7-8,10H2,1-2H3. The summed E-state index contributed by atoms with van der Waals surface area (Å²) in [5.41, 5.74) is 0.636. The molecule has 0 atom stereocenters. The first-order valence-electron chi connectivity index (χ1n) is 6.31. The monoisotopic (exact) mass is 323 g/mol. The molecular formula is C13H19Cl2NO2S. The molecule has 0 heterocycles. The van der Waals surface area contributed by atoms with Crippen LogP contribution < -0.4 is 0 Å². The number of benzene rings is 1. The molecule has 0 saturated heterocycles. The number of hydrogen-bond acceptors (Lipinski definition) is 2. The Morgan fingerprint density at radius 1 is 1.16 bits per heavy atom. The molecule has 0 aliphatic carbocycles. The fourth-order valence-corrected chi connectivity index (χ4v) is 3.96. The van der Waals surface area contributed by atoms with Crippen molar-refractivity contribution in [1.82, 2.24) is 4.31 Å². The van der Waals surface area contributed by atoms with Crippen LogP contribution in [0, 0.1) is 0 Å². The topological polar surface area (TPSA) is 37.4 Å². The van der Waals surface area contributed by atoms with Crippen molar-refractivity contribution in [3.63, 3.8) is 0 Å². The zero-order chi connectivity index (χ0) is 14.5. The van der Waals surface area contributed by atoms with Gasteiger partial charge in [-0.15, -0.1) is 11.6 Å². The van der Waals surface area contributed by atoms with E-state index in [9.17, 15) is 8.42 Å². The molecule has 0 fully saturated rings. The van der Waals surface area contributed by atoms with E-state index >= 15 is 0 Å². The molecule has 3 nitrogen and oxygen atoms in total. The predicted molar refractivity (Wildman–Crippen MR) is 80.3 cm³/mol. The van der Waals surface area contributed by atoms with Gasteiger partial charge in [-0.2, -0.15) is 4.31 Å². The largest absolute Gasteiger partial charge is 0.243 e. The second kappa shape index (κ2) is 7.48. The van der Waals surface area contributed by atoms with Crippen LogP contribution >= 0.6 is 23.2 Å². The van der Waals surface area contributed by atoms with Crippen LogP contribution in [-0.4, -0.2) is 25.8 Å². The smallest absolute Gasteiger partial charge is 0.207 e. The lowest BCUT2D eigenvalue weighted by molar-refractivity contribution is 0.410. The summed E-state index contributed by atoms with van der Waals surface area (Å²) in [5.74, 6) is 0.198. The van der Waals surface area contributed by atoms with Crippen LogP contribution in [0.3, 0.4) is 0 Å². The Morgan fingerprint density at radius 3 is 2.21 bits per heavy atom. The lowest BCUT2D eigenvalue weighted by Gasteiger charge is -2.21. The quantitative estimate of drug-likeness (QED) is 0.714. The van der Waals surface area contributed by atoms with E-state index in [-0.39, 0.29) is 10.8 Å². The molecule has 1 rings (SSSR count). The molecule has 1 aromatic carbocycles. The molecule has 0 spiro atoms. The van der Waals surface area contributed by atoms with Crippen LogP contribution in [-0.2, 0) is 15.9 Å². The van der Waals surface area contributed by atoms with Crippen LogP contribution in [0.15, 0.2) is 23.1 Å². The number of nitrogens with zero attached hydrogens (tertiary/aromatic N) is 1. The molecule has 108 valence electrons. The van der Waals surface area contributed by atoms with Crippen molar-refractivity contribution < 1.29 is 8.42 Å². The molecule has 1 aromatic rings. The van der Waals surface area contributed by atoms with Crippen molar-refractivity contribution in [3.05, 3.63) is 28.8 Å². The van der Waals surface area contributed by atoms with Gasteiger partial charge in [-0.05, 0) is 36.6 Å². The molecule has 0 saturated carbocycles.